The number of ether oxygens (including phenoxy) is 2. The Morgan fingerprint density at radius 1 is 1.14 bits per heavy atom. The molecule has 3 N–H and O–H groups in total. The maximum absolute atomic E-state index is 11.2. The molecule has 0 saturated carbocycles. The van der Waals surface area contributed by atoms with Crippen molar-refractivity contribution in [1.29, 1.82) is 0 Å². The largest absolute Gasteiger partial charge is 0.494 e. The molecule has 5 heteroatoms. The molecule has 0 amide bonds. The molecule has 0 heterocycles. The summed E-state index contributed by atoms with van der Waals surface area (Å²) in [6.45, 7) is 2.69. The highest BCUT2D eigenvalue weighted by atomic mass is 16.5. The molecule has 0 aromatic heterocycles. The zero-order valence-electron chi connectivity index (χ0n) is 11.7. The van der Waals surface area contributed by atoms with Crippen LogP contribution < -0.4 is 15.2 Å². The van der Waals surface area contributed by atoms with Crippen LogP contribution in [0.25, 0.3) is 0 Å². The zero-order chi connectivity index (χ0) is 15.2. The molecule has 110 valence electrons. The van der Waals surface area contributed by atoms with Gasteiger partial charge in [-0.2, -0.15) is 0 Å². The van der Waals surface area contributed by atoms with Crippen LogP contribution in [0.3, 0.4) is 0 Å². The van der Waals surface area contributed by atoms with Crippen molar-refractivity contribution in [2.45, 2.75) is 13.3 Å². The highest BCUT2D eigenvalue weighted by Crippen LogP contribution is 2.28. The first-order chi connectivity index (χ1) is 10.1. The van der Waals surface area contributed by atoms with E-state index in [1.807, 2.05) is 6.92 Å². The van der Waals surface area contributed by atoms with E-state index >= 15 is 0 Å². The quantitative estimate of drug-likeness (QED) is 0.794. The molecule has 0 saturated heterocycles. The molecule has 5 nitrogen and oxygen atoms in total. The van der Waals surface area contributed by atoms with Crippen LogP contribution in [0.15, 0.2) is 42.5 Å². The molecule has 0 aliphatic carbocycles. The number of anilines is 1. The minimum absolute atomic E-state index is 0.0290. The summed E-state index contributed by atoms with van der Waals surface area (Å²) >= 11 is 0. The number of nitrogen functional groups attached to an aromatic ring is 1. The van der Waals surface area contributed by atoms with Gasteiger partial charge in [-0.3, -0.25) is 0 Å². The number of hydrogen-bond acceptors (Lipinski definition) is 4. The summed E-state index contributed by atoms with van der Waals surface area (Å²) in [6, 6.07) is 11.5. The Balaban J connectivity index is 2.16. The fourth-order valence-electron chi connectivity index (χ4n) is 1.75. The number of nitrogens with two attached hydrogens (primary N) is 1. The maximum atomic E-state index is 11.2. The van der Waals surface area contributed by atoms with Crippen molar-refractivity contribution in [2.75, 3.05) is 12.3 Å². The number of hydrogen-bond donors (Lipinski definition) is 2. The standard InChI is InChI=1S/C16H17NO4/c1-2-9-20-12-4-6-13(7-5-12)21-15-8-3-11(17)10-14(15)16(18)19/h3-8,10H,2,9,17H2,1H3,(H,18,19). The predicted molar refractivity (Wildman–Crippen MR) is 80.1 cm³/mol. The van der Waals surface area contributed by atoms with Crippen LogP contribution in [-0.4, -0.2) is 17.7 Å². The van der Waals surface area contributed by atoms with E-state index in [-0.39, 0.29) is 11.3 Å². The number of aromatic carboxylic acids is 1. The Morgan fingerprint density at radius 3 is 2.43 bits per heavy atom. The highest BCUT2D eigenvalue weighted by molar-refractivity contribution is 5.92. The highest BCUT2D eigenvalue weighted by Gasteiger charge is 2.12. The monoisotopic (exact) mass is 287 g/mol. The summed E-state index contributed by atoms with van der Waals surface area (Å²) in [4.78, 5) is 11.2. The van der Waals surface area contributed by atoms with Crippen LogP contribution in [-0.2, 0) is 0 Å². The van der Waals surface area contributed by atoms with Crippen LogP contribution >= 0.6 is 0 Å². The van der Waals surface area contributed by atoms with Crippen LogP contribution in [0.2, 0.25) is 0 Å². The molecule has 0 aliphatic rings. The van der Waals surface area contributed by atoms with Crippen molar-refractivity contribution in [2.24, 2.45) is 0 Å². The third-order valence-corrected chi connectivity index (χ3v) is 2.76. The third kappa shape index (κ3) is 3.89. The summed E-state index contributed by atoms with van der Waals surface area (Å²) in [5.41, 5.74) is 6.00. The first kappa shape index (κ1) is 14.7. The number of carbonyl (C=O) groups is 1. The second-order valence-electron chi connectivity index (χ2n) is 4.48. The van der Waals surface area contributed by atoms with Crippen molar-refractivity contribution >= 4 is 11.7 Å². The van der Waals surface area contributed by atoms with Gasteiger partial charge in [0, 0.05) is 5.69 Å². The van der Waals surface area contributed by atoms with Gasteiger partial charge in [0.25, 0.3) is 0 Å². The van der Waals surface area contributed by atoms with Gasteiger partial charge in [0.05, 0.1) is 6.61 Å². The smallest absolute Gasteiger partial charge is 0.339 e. The first-order valence-corrected chi connectivity index (χ1v) is 6.63. The number of carboxylic acid groups (broad SMARTS) is 1. The van der Waals surface area contributed by atoms with Crippen molar-refractivity contribution in [3.05, 3.63) is 48.0 Å². The minimum Gasteiger partial charge on any atom is -0.494 e. The van der Waals surface area contributed by atoms with Gasteiger partial charge in [-0.25, -0.2) is 4.79 Å². The van der Waals surface area contributed by atoms with E-state index in [1.165, 1.54) is 6.07 Å². The Kier molecular flexibility index (Phi) is 4.66. The van der Waals surface area contributed by atoms with Gasteiger partial charge < -0.3 is 20.3 Å². The summed E-state index contributed by atoms with van der Waals surface area (Å²) in [5, 5.41) is 9.15. The molecular formula is C16H17NO4. The summed E-state index contributed by atoms with van der Waals surface area (Å²) in [5.74, 6) is 0.449. The summed E-state index contributed by atoms with van der Waals surface area (Å²) in [6.07, 6.45) is 0.936. The average Bonchev–Trinajstić information content (AvgIpc) is 2.48. The van der Waals surface area contributed by atoms with Crippen molar-refractivity contribution in [3.8, 4) is 17.2 Å². The third-order valence-electron chi connectivity index (χ3n) is 2.76. The van der Waals surface area contributed by atoms with Crippen LogP contribution in [0.4, 0.5) is 5.69 Å². The topological polar surface area (TPSA) is 81.8 Å². The molecule has 0 radical (unpaired) electrons. The van der Waals surface area contributed by atoms with E-state index in [9.17, 15) is 4.79 Å². The van der Waals surface area contributed by atoms with E-state index < -0.39 is 5.97 Å². The van der Waals surface area contributed by atoms with Crippen LogP contribution in [0.1, 0.15) is 23.7 Å². The Labute approximate surface area is 122 Å². The van der Waals surface area contributed by atoms with Crippen molar-refractivity contribution in [1.82, 2.24) is 0 Å². The average molecular weight is 287 g/mol. The Hall–Kier alpha value is -2.69. The molecule has 0 spiro atoms. The summed E-state index contributed by atoms with van der Waals surface area (Å²) < 4.78 is 11.1. The molecular weight excluding hydrogens is 270 g/mol. The molecule has 0 fully saturated rings. The SMILES string of the molecule is CCCOc1ccc(Oc2ccc(N)cc2C(=O)O)cc1. The molecule has 2 aromatic carbocycles. The van der Waals surface area contributed by atoms with Gasteiger partial charge in [0.1, 0.15) is 22.8 Å². The van der Waals surface area contributed by atoms with Crippen LogP contribution in [0, 0.1) is 0 Å². The summed E-state index contributed by atoms with van der Waals surface area (Å²) in [7, 11) is 0. The van der Waals surface area contributed by atoms with Gasteiger partial charge in [-0.15, -0.1) is 0 Å². The van der Waals surface area contributed by atoms with Crippen molar-refractivity contribution < 1.29 is 19.4 Å². The van der Waals surface area contributed by atoms with Crippen LogP contribution in [0.5, 0.6) is 17.2 Å². The van der Waals surface area contributed by atoms with Gasteiger partial charge >= 0.3 is 5.97 Å². The lowest BCUT2D eigenvalue weighted by atomic mass is 10.2. The Bertz CT molecular complexity index is 623. The molecule has 2 aromatic rings. The minimum atomic E-state index is -1.08. The van der Waals surface area contributed by atoms with Gasteiger partial charge in [0.15, 0.2) is 0 Å². The lowest BCUT2D eigenvalue weighted by Crippen LogP contribution is -2.01. The van der Waals surface area contributed by atoms with E-state index in [0.717, 1.165) is 12.2 Å². The Morgan fingerprint density at radius 2 is 1.81 bits per heavy atom. The maximum Gasteiger partial charge on any atom is 0.339 e. The van der Waals surface area contributed by atoms with E-state index in [1.54, 1.807) is 36.4 Å². The molecule has 0 aliphatic heterocycles. The van der Waals surface area contributed by atoms with Gasteiger partial charge in [-0.1, -0.05) is 6.92 Å². The lowest BCUT2D eigenvalue weighted by Gasteiger charge is -2.10. The molecule has 0 atom stereocenters. The fourth-order valence-corrected chi connectivity index (χ4v) is 1.75. The molecule has 2 rings (SSSR count). The van der Waals surface area contributed by atoms with Gasteiger partial charge in [-0.05, 0) is 48.9 Å². The fraction of sp³-hybridized carbons (Fsp3) is 0.188. The zero-order valence-corrected chi connectivity index (χ0v) is 11.7. The number of benzene rings is 2. The molecule has 0 unspecified atom stereocenters. The second-order valence-corrected chi connectivity index (χ2v) is 4.48. The first-order valence-electron chi connectivity index (χ1n) is 6.63. The molecule has 21 heavy (non-hydrogen) atoms. The predicted octanol–water partition coefficient (Wildman–Crippen LogP) is 3.55. The lowest BCUT2D eigenvalue weighted by molar-refractivity contribution is 0.0694. The van der Waals surface area contributed by atoms with E-state index in [0.29, 0.717) is 18.0 Å². The van der Waals surface area contributed by atoms with E-state index in [4.69, 9.17) is 20.3 Å². The number of rotatable bonds is 6. The molecule has 0 bridgehead atoms. The van der Waals surface area contributed by atoms with E-state index in [2.05, 4.69) is 0 Å². The number of carboxylic acids is 1. The normalized spacial score (nSPS) is 10.1. The van der Waals surface area contributed by atoms with Gasteiger partial charge in [0.2, 0.25) is 0 Å². The second kappa shape index (κ2) is 6.65. The van der Waals surface area contributed by atoms with Crippen molar-refractivity contribution in [3.63, 3.8) is 0 Å².